The summed E-state index contributed by atoms with van der Waals surface area (Å²) >= 11 is 0. The molecule has 22 heavy (non-hydrogen) atoms. The van der Waals surface area contributed by atoms with E-state index in [1.807, 2.05) is 12.1 Å². The minimum absolute atomic E-state index is 0. The summed E-state index contributed by atoms with van der Waals surface area (Å²) in [5.74, 6) is 2.56. The maximum atomic E-state index is 12.4. The van der Waals surface area contributed by atoms with Crippen LogP contribution in [0.15, 0.2) is 24.3 Å². The van der Waals surface area contributed by atoms with Gasteiger partial charge < -0.3 is 15.4 Å². The van der Waals surface area contributed by atoms with Crippen molar-refractivity contribution in [2.45, 2.75) is 37.5 Å². The van der Waals surface area contributed by atoms with Gasteiger partial charge in [0.2, 0.25) is 5.91 Å². The molecule has 2 aliphatic rings. The average Bonchev–Trinajstić information content (AvgIpc) is 3.14. The molecular weight excluding hydrogens is 300 g/mol. The maximum Gasteiger partial charge on any atom is 0.237 e. The van der Waals surface area contributed by atoms with E-state index in [9.17, 15) is 4.79 Å². The lowest BCUT2D eigenvalue weighted by Gasteiger charge is -2.23. The van der Waals surface area contributed by atoms with Gasteiger partial charge in [-0.1, -0.05) is 30.2 Å². The molecule has 0 radical (unpaired) electrons. The molecule has 3 rings (SSSR count). The van der Waals surface area contributed by atoms with E-state index < -0.39 is 0 Å². The minimum atomic E-state index is -0.107. The summed E-state index contributed by atoms with van der Waals surface area (Å²) in [4.78, 5) is 12.4. The quantitative estimate of drug-likeness (QED) is 0.828. The Morgan fingerprint density at radius 1 is 1.45 bits per heavy atom. The van der Waals surface area contributed by atoms with Crippen molar-refractivity contribution in [1.29, 1.82) is 0 Å². The van der Waals surface area contributed by atoms with Gasteiger partial charge in [-0.05, 0) is 30.5 Å². The van der Waals surface area contributed by atoms with E-state index in [2.05, 4.69) is 28.7 Å². The molecule has 1 heterocycles. The third-order valence-corrected chi connectivity index (χ3v) is 4.24. The van der Waals surface area contributed by atoms with Gasteiger partial charge in [-0.15, -0.1) is 18.8 Å². The Bertz CT molecular complexity index is 564. The lowest BCUT2D eigenvalue weighted by atomic mass is 10.1. The highest BCUT2D eigenvalue weighted by molar-refractivity contribution is 5.85. The van der Waals surface area contributed by atoms with Gasteiger partial charge in [-0.2, -0.15) is 0 Å². The maximum absolute atomic E-state index is 12.4. The highest BCUT2D eigenvalue weighted by atomic mass is 35.5. The largest absolute Gasteiger partial charge is 0.363 e. The third-order valence-electron chi connectivity index (χ3n) is 4.24. The zero-order valence-corrected chi connectivity index (χ0v) is 13.2. The van der Waals surface area contributed by atoms with Crippen molar-refractivity contribution in [1.82, 2.24) is 10.6 Å². The van der Waals surface area contributed by atoms with Crippen LogP contribution in [-0.2, 0) is 16.0 Å². The number of rotatable bonds is 4. The Labute approximate surface area is 137 Å². The molecule has 1 aliphatic carbocycles. The Kier molecular flexibility index (Phi) is 5.84. The molecule has 1 aromatic carbocycles. The zero-order valence-electron chi connectivity index (χ0n) is 12.4. The molecule has 5 heteroatoms. The van der Waals surface area contributed by atoms with Crippen LogP contribution in [0.3, 0.4) is 0 Å². The van der Waals surface area contributed by atoms with Crippen molar-refractivity contribution in [3.05, 3.63) is 35.4 Å². The van der Waals surface area contributed by atoms with Crippen LogP contribution in [0.1, 0.15) is 30.0 Å². The van der Waals surface area contributed by atoms with Crippen molar-refractivity contribution in [2.24, 2.45) is 0 Å². The topological polar surface area (TPSA) is 50.4 Å². The SMILES string of the molecule is C#CCO[C@@H]1Cc2ccccc2[C@@H]1NC(=O)[C@@H]1CCCN1.Cl. The van der Waals surface area contributed by atoms with E-state index in [1.165, 1.54) is 5.56 Å². The molecule has 118 valence electrons. The summed E-state index contributed by atoms with van der Waals surface area (Å²) in [6.45, 7) is 1.18. The van der Waals surface area contributed by atoms with Gasteiger partial charge in [-0.3, -0.25) is 4.79 Å². The number of hydrogen-bond donors (Lipinski definition) is 2. The lowest BCUT2D eigenvalue weighted by molar-refractivity contribution is -0.124. The van der Waals surface area contributed by atoms with Gasteiger partial charge in [0, 0.05) is 6.42 Å². The first-order valence-corrected chi connectivity index (χ1v) is 7.46. The number of halogens is 1. The third kappa shape index (κ3) is 3.44. The Morgan fingerprint density at radius 3 is 3.00 bits per heavy atom. The fraction of sp³-hybridized carbons (Fsp3) is 0.471. The molecular formula is C17H21ClN2O2. The van der Waals surface area contributed by atoms with Crippen LogP contribution >= 0.6 is 12.4 Å². The van der Waals surface area contributed by atoms with E-state index >= 15 is 0 Å². The van der Waals surface area contributed by atoms with Gasteiger partial charge in [0.1, 0.15) is 6.61 Å². The number of nitrogens with one attached hydrogen (secondary N) is 2. The van der Waals surface area contributed by atoms with Crippen molar-refractivity contribution in [3.8, 4) is 12.3 Å². The summed E-state index contributed by atoms with van der Waals surface area (Å²) in [7, 11) is 0. The molecule has 1 aromatic rings. The fourth-order valence-corrected chi connectivity index (χ4v) is 3.20. The molecule has 1 fully saturated rings. The van der Waals surface area contributed by atoms with E-state index in [-0.39, 0.29) is 43.1 Å². The van der Waals surface area contributed by atoms with Gasteiger partial charge in [-0.25, -0.2) is 0 Å². The number of terminal acetylenes is 1. The van der Waals surface area contributed by atoms with Crippen molar-refractivity contribution >= 4 is 18.3 Å². The smallest absolute Gasteiger partial charge is 0.237 e. The van der Waals surface area contributed by atoms with Crippen LogP contribution in [0.4, 0.5) is 0 Å². The van der Waals surface area contributed by atoms with Crippen LogP contribution in [0.2, 0.25) is 0 Å². The van der Waals surface area contributed by atoms with Crippen molar-refractivity contribution in [2.75, 3.05) is 13.2 Å². The number of amides is 1. The average molecular weight is 321 g/mol. The number of benzene rings is 1. The second-order valence-electron chi connectivity index (χ2n) is 5.59. The normalized spacial score (nSPS) is 25.9. The monoisotopic (exact) mass is 320 g/mol. The Balaban J connectivity index is 0.00000176. The Hall–Kier alpha value is -1.54. The number of fused-ring (bicyclic) bond motifs is 1. The van der Waals surface area contributed by atoms with E-state index in [0.717, 1.165) is 31.4 Å². The predicted molar refractivity (Wildman–Crippen MR) is 87.9 cm³/mol. The molecule has 0 aromatic heterocycles. The first kappa shape index (κ1) is 16.8. The van der Waals surface area contributed by atoms with Gasteiger partial charge in [0.05, 0.1) is 18.2 Å². The molecule has 0 bridgehead atoms. The highest BCUT2D eigenvalue weighted by Gasteiger charge is 2.35. The predicted octanol–water partition coefficient (Wildman–Crippen LogP) is 1.59. The van der Waals surface area contributed by atoms with Crippen molar-refractivity contribution < 1.29 is 9.53 Å². The number of carbonyl (C=O) groups is 1. The van der Waals surface area contributed by atoms with Gasteiger partial charge >= 0.3 is 0 Å². The van der Waals surface area contributed by atoms with Gasteiger partial charge in [0.15, 0.2) is 0 Å². The molecule has 0 saturated carbocycles. The van der Waals surface area contributed by atoms with Crippen LogP contribution in [0, 0.1) is 12.3 Å². The number of hydrogen-bond acceptors (Lipinski definition) is 3. The second kappa shape index (κ2) is 7.64. The molecule has 1 saturated heterocycles. The van der Waals surface area contributed by atoms with Gasteiger partial charge in [0.25, 0.3) is 0 Å². The summed E-state index contributed by atoms with van der Waals surface area (Å²) in [5.41, 5.74) is 2.37. The van der Waals surface area contributed by atoms with Crippen molar-refractivity contribution in [3.63, 3.8) is 0 Å². The molecule has 1 aliphatic heterocycles. The molecule has 2 N–H and O–H groups in total. The fourth-order valence-electron chi connectivity index (χ4n) is 3.20. The van der Waals surface area contributed by atoms with Crippen LogP contribution in [0.5, 0.6) is 0 Å². The lowest BCUT2D eigenvalue weighted by Crippen LogP contribution is -2.44. The number of carbonyl (C=O) groups excluding carboxylic acids is 1. The first-order chi connectivity index (χ1) is 10.3. The van der Waals surface area contributed by atoms with Crippen LogP contribution in [-0.4, -0.2) is 31.2 Å². The highest BCUT2D eigenvalue weighted by Crippen LogP contribution is 2.33. The second-order valence-corrected chi connectivity index (χ2v) is 5.59. The zero-order chi connectivity index (χ0) is 14.7. The molecule has 4 nitrogen and oxygen atoms in total. The first-order valence-electron chi connectivity index (χ1n) is 7.46. The summed E-state index contributed by atoms with van der Waals surface area (Å²) < 4.78 is 5.74. The van der Waals surface area contributed by atoms with Crippen LogP contribution < -0.4 is 10.6 Å². The molecule has 0 unspecified atom stereocenters. The molecule has 1 amide bonds. The standard InChI is InChI=1S/C17H20N2O2.ClH/c1-2-10-21-15-11-12-6-3-4-7-13(12)16(15)19-17(20)14-8-5-9-18-14;/h1,3-4,6-7,14-16,18H,5,8-11H2,(H,19,20);1H/t14-,15+,16-;/m0./s1. The van der Waals surface area contributed by atoms with E-state index in [4.69, 9.17) is 11.2 Å². The summed E-state index contributed by atoms with van der Waals surface area (Å²) in [5, 5.41) is 6.37. The summed E-state index contributed by atoms with van der Waals surface area (Å²) in [6.07, 6.45) is 7.95. The van der Waals surface area contributed by atoms with E-state index in [0.29, 0.717) is 0 Å². The minimum Gasteiger partial charge on any atom is -0.363 e. The Morgan fingerprint density at radius 2 is 2.27 bits per heavy atom. The molecule has 3 atom stereocenters. The van der Waals surface area contributed by atoms with Crippen LogP contribution in [0.25, 0.3) is 0 Å². The number of ether oxygens (including phenoxy) is 1. The van der Waals surface area contributed by atoms with E-state index in [1.54, 1.807) is 0 Å². The molecule has 0 spiro atoms. The summed E-state index contributed by atoms with van der Waals surface area (Å²) in [6, 6.07) is 7.97.